The smallest absolute Gasteiger partial charge is 0.231 e. The maximum Gasteiger partial charge on any atom is 0.231 e. The predicted molar refractivity (Wildman–Crippen MR) is 92.4 cm³/mol. The minimum absolute atomic E-state index is 0.0158. The van der Waals surface area contributed by atoms with Crippen LogP contribution < -0.4 is 10.6 Å². The molecular weight excluding hydrogens is 334 g/mol. The summed E-state index contributed by atoms with van der Waals surface area (Å²) in [5.41, 5.74) is 0. The summed E-state index contributed by atoms with van der Waals surface area (Å²) < 4.78 is 29.6. The largest absolute Gasteiger partial charge is 0.380 e. The molecular formula is C16H20O5P2. The van der Waals surface area contributed by atoms with E-state index in [2.05, 4.69) is 0 Å². The number of benzene rings is 2. The van der Waals surface area contributed by atoms with Gasteiger partial charge in [-0.05, 0) is 24.3 Å². The minimum atomic E-state index is -3.44. The van der Waals surface area contributed by atoms with E-state index in [-0.39, 0.29) is 25.5 Å². The number of rotatable bonds is 8. The van der Waals surface area contributed by atoms with Crippen LogP contribution in [0, 0.1) is 0 Å². The van der Waals surface area contributed by atoms with Crippen LogP contribution in [0.2, 0.25) is 0 Å². The van der Waals surface area contributed by atoms with E-state index in [1.54, 1.807) is 60.7 Å². The number of hydrogen-bond donors (Lipinski definition) is 2. The van der Waals surface area contributed by atoms with Gasteiger partial charge in [-0.3, -0.25) is 9.13 Å². The van der Waals surface area contributed by atoms with Crippen LogP contribution in [0.5, 0.6) is 0 Å². The molecule has 0 spiro atoms. The average molecular weight is 354 g/mol. The molecule has 2 aromatic carbocycles. The van der Waals surface area contributed by atoms with Crippen molar-refractivity contribution in [3.8, 4) is 0 Å². The van der Waals surface area contributed by atoms with Crippen molar-refractivity contribution in [3.05, 3.63) is 60.7 Å². The van der Waals surface area contributed by atoms with E-state index in [0.29, 0.717) is 10.6 Å². The van der Waals surface area contributed by atoms with Crippen molar-refractivity contribution in [3.63, 3.8) is 0 Å². The van der Waals surface area contributed by atoms with Crippen molar-refractivity contribution in [2.24, 2.45) is 0 Å². The summed E-state index contributed by atoms with van der Waals surface area (Å²) in [4.78, 5) is 20.0. The average Bonchev–Trinajstić information content (AvgIpc) is 2.56. The van der Waals surface area contributed by atoms with Crippen LogP contribution in [0.15, 0.2) is 60.7 Å². The van der Waals surface area contributed by atoms with Gasteiger partial charge in [-0.1, -0.05) is 36.4 Å². The van der Waals surface area contributed by atoms with E-state index in [9.17, 15) is 18.9 Å². The quantitative estimate of drug-likeness (QED) is 0.561. The first-order valence-corrected chi connectivity index (χ1v) is 10.9. The first kappa shape index (κ1) is 18.1. The molecule has 0 aliphatic carbocycles. The molecule has 2 aromatic rings. The molecule has 0 saturated heterocycles. The Morgan fingerprint density at radius 1 is 0.696 bits per heavy atom. The van der Waals surface area contributed by atoms with Crippen molar-refractivity contribution in [2.75, 3.05) is 25.5 Å². The Hall–Kier alpha value is -1.22. The van der Waals surface area contributed by atoms with Crippen LogP contribution in [0.3, 0.4) is 0 Å². The molecule has 0 amide bonds. The molecule has 2 unspecified atom stereocenters. The first-order chi connectivity index (χ1) is 10.9. The van der Waals surface area contributed by atoms with Crippen molar-refractivity contribution in [1.29, 1.82) is 0 Å². The molecule has 5 nitrogen and oxygen atoms in total. The Balaban J connectivity index is 1.78. The molecule has 0 fully saturated rings. The van der Waals surface area contributed by atoms with Crippen molar-refractivity contribution in [1.82, 2.24) is 0 Å². The summed E-state index contributed by atoms with van der Waals surface area (Å²) in [6.45, 7) is 0.134. The summed E-state index contributed by atoms with van der Waals surface area (Å²) in [5, 5.41) is 0.779. The molecule has 2 N–H and O–H groups in total. The maximum absolute atomic E-state index is 12.2. The minimum Gasteiger partial charge on any atom is -0.380 e. The SMILES string of the molecule is O=P(O)(CCOCCP(=O)(O)c1ccccc1)c1ccccc1. The van der Waals surface area contributed by atoms with Gasteiger partial charge in [-0.2, -0.15) is 0 Å². The molecule has 23 heavy (non-hydrogen) atoms. The highest BCUT2D eigenvalue weighted by Crippen LogP contribution is 2.40. The van der Waals surface area contributed by atoms with Gasteiger partial charge in [0.2, 0.25) is 14.7 Å². The molecule has 2 rings (SSSR count). The maximum atomic E-state index is 12.2. The summed E-state index contributed by atoms with van der Waals surface area (Å²) in [6.07, 6.45) is -0.0316. The van der Waals surface area contributed by atoms with Gasteiger partial charge in [-0.15, -0.1) is 0 Å². The third-order valence-electron chi connectivity index (χ3n) is 3.40. The van der Waals surface area contributed by atoms with Gasteiger partial charge in [0.25, 0.3) is 0 Å². The van der Waals surface area contributed by atoms with Crippen LogP contribution in [0.4, 0.5) is 0 Å². The first-order valence-electron chi connectivity index (χ1n) is 7.24. The molecule has 2 atom stereocenters. The van der Waals surface area contributed by atoms with Crippen LogP contribution in [-0.2, 0) is 13.9 Å². The van der Waals surface area contributed by atoms with E-state index in [1.165, 1.54) is 0 Å². The third-order valence-corrected chi connectivity index (χ3v) is 7.18. The fourth-order valence-electron chi connectivity index (χ4n) is 2.06. The van der Waals surface area contributed by atoms with Crippen LogP contribution in [-0.4, -0.2) is 35.3 Å². The monoisotopic (exact) mass is 354 g/mol. The summed E-state index contributed by atoms with van der Waals surface area (Å²) in [7, 11) is -6.88. The van der Waals surface area contributed by atoms with Crippen molar-refractivity contribution in [2.45, 2.75) is 0 Å². The second kappa shape index (κ2) is 8.05. The lowest BCUT2D eigenvalue weighted by atomic mass is 10.4. The van der Waals surface area contributed by atoms with Crippen LogP contribution in [0.25, 0.3) is 0 Å². The van der Waals surface area contributed by atoms with Gasteiger partial charge >= 0.3 is 0 Å². The summed E-state index contributed by atoms with van der Waals surface area (Å²) >= 11 is 0. The molecule has 124 valence electrons. The molecule has 0 bridgehead atoms. The van der Waals surface area contributed by atoms with E-state index in [1.807, 2.05) is 0 Å². The van der Waals surface area contributed by atoms with Gasteiger partial charge in [0.05, 0.1) is 25.5 Å². The van der Waals surface area contributed by atoms with Gasteiger partial charge in [0, 0.05) is 10.6 Å². The highest BCUT2D eigenvalue weighted by atomic mass is 31.2. The fraction of sp³-hybridized carbons (Fsp3) is 0.250. The Kier molecular flexibility index (Phi) is 6.34. The standard InChI is InChI=1S/C16H20O5P2/c17-22(18,15-7-3-1-4-8-15)13-11-21-12-14-23(19,20)16-9-5-2-6-10-16/h1-10H,11-14H2,(H,17,18)(H,19,20). The van der Waals surface area contributed by atoms with Crippen molar-refractivity contribution >= 4 is 25.3 Å². The summed E-state index contributed by atoms with van der Waals surface area (Å²) in [5.74, 6) is 0. The molecule has 0 aliphatic heterocycles. The van der Waals surface area contributed by atoms with E-state index >= 15 is 0 Å². The van der Waals surface area contributed by atoms with Gasteiger partial charge in [0.15, 0.2) is 0 Å². The lowest BCUT2D eigenvalue weighted by Crippen LogP contribution is -2.14. The molecule has 7 heteroatoms. The zero-order valence-electron chi connectivity index (χ0n) is 12.6. The zero-order chi connectivity index (χ0) is 16.8. The normalized spacial score (nSPS) is 16.4. The van der Waals surface area contributed by atoms with Gasteiger partial charge < -0.3 is 14.5 Å². The molecule has 0 aliphatic rings. The second-order valence-corrected chi connectivity index (χ2v) is 9.87. The van der Waals surface area contributed by atoms with Gasteiger partial charge in [-0.25, -0.2) is 0 Å². The highest BCUT2D eigenvalue weighted by Gasteiger charge is 2.22. The topological polar surface area (TPSA) is 83.8 Å². The highest BCUT2D eigenvalue weighted by molar-refractivity contribution is 7.66. The fourth-order valence-corrected chi connectivity index (χ4v) is 4.60. The Morgan fingerprint density at radius 3 is 1.39 bits per heavy atom. The van der Waals surface area contributed by atoms with E-state index in [4.69, 9.17) is 4.74 Å². The Bertz CT molecular complexity index is 641. The molecule has 0 radical (unpaired) electrons. The van der Waals surface area contributed by atoms with Crippen LogP contribution in [0.1, 0.15) is 0 Å². The Labute approximate surface area is 135 Å². The number of hydrogen-bond acceptors (Lipinski definition) is 3. The molecule has 0 saturated carbocycles. The third kappa shape index (κ3) is 5.42. The zero-order valence-corrected chi connectivity index (χ0v) is 14.4. The van der Waals surface area contributed by atoms with Gasteiger partial charge in [0.1, 0.15) is 0 Å². The molecule has 0 heterocycles. The van der Waals surface area contributed by atoms with E-state index in [0.717, 1.165) is 0 Å². The van der Waals surface area contributed by atoms with Crippen molar-refractivity contribution < 1.29 is 23.7 Å². The number of ether oxygens (including phenoxy) is 1. The predicted octanol–water partition coefficient (Wildman–Crippen LogP) is 2.19. The summed E-state index contributed by atoms with van der Waals surface area (Å²) in [6, 6.07) is 16.8. The lowest BCUT2D eigenvalue weighted by Gasteiger charge is -2.14. The lowest BCUT2D eigenvalue weighted by molar-refractivity contribution is 0.162. The molecule has 0 aromatic heterocycles. The Morgan fingerprint density at radius 2 is 1.04 bits per heavy atom. The van der Waals surface area contributed by atoms with E-state index < -0.39 is 14.7 Å². The van der Waals surface area contributed by atoms with Crippen LogP contribution >= 0.6 is 14.7 Å². The second-order valence-electron chi connectivity index (χ2n) is 5.13.